The standard InChI is InChI=1S/C6H9.3C6H5.Sn/c4*1-2-4-6-5-3-1;/h1-2,5H,3-4,6H2;3*1-5H;. The summed E-state index contributed by atoms with van der Waals surface area (Å²) in [6, 6.07) is 34.2. The molecule has 3 aromatic rings. The molecule has 3 aromatic carbocycles. The molecule has 1 aliphatic carbocycles. The van der Waals surface area contributed by atoms with Crippen molar-refractivity contribution >= 4 is 29.1 Å². The van der Waals surface area contributed by atoms with Crippen LogP contribution in [0.2, 0.25) is 3.93 Å². The van der Waals surface area contributed by atoms with E-state index in [1.165, 1.54) is 19.3 Å². The second-order valence-corrected chi connectivity index (χ2v) is 18.8. The first kappa shape index (κ1) is 16.7. The van der Waals surface area contributed by atoms with Crippen LogP contribution < -0.4 is 10.7 Å². The Labute approximate surface area is 155 Å². The van der Waals surface area contributed by atoms with Crippen LogP contribution in [-0.4, -0.2) is 18.4 Å². The fourth-order valence-electron chi connectivity index (χ4n) is 4.50. The maximum atomic E-state index is 2.43. The zero-order valence-corrected chi connectivity index (χ0v) is 17.4. The molecular formula is C24H24Sn. The molecule has 0 aromatic heterocycles. The molecule has 0 N–H and O–H groups in total. The van der Waals surface area contributed by atoms with Crippen LogP contribution in [-0.2, 0) is 0 Å². The normalized spacial score (nSPS) is 17.4. The number of hydrogen-bond acceptors (Lipinski definition) is 0. The monoisotopic (exact) mass is 432 g/mol. The van der Waals surface area contributed by atoms with Crippen molar-refractivity contribution in [2.24, 2.45) is 0 Å². The van der Waals surface area contributed by atoms with E-state index in [1.807, 2.05) is 0 Å². The summed E-state index contributed by atoms with van der Waals surface area (Å²) in [6.45, 7) is 0. The Morgan fingerprint density at radius 1 is 0.560 bits per heavy atom. The van der Waals surface area contributed by atoms with E-state index in [2.05, 4.69) is 103 Å². The van der Waals surface area contributed by atoms with E-state index < -0.39 is 18.4 Å². The summed E-state index contributed by atoms with van der Waals surface area (Å²) in [6.07, 6.45) is 8.54. The van der Waals surface area contributed by atoms with Gasteiger partial charge in [0.1, 0.15) is 0 Å². The topological polar surface area (TPSA) is 0 Å². The number of hydrogen-bond donors (Lipinski definition) is 0. The van der Waals surface area contributed by atoms with Crippen LogP contribution in [0.25, 0.3) is 0 Å². The van der Waals surface area contributed by atoms with Crippen molar-refractivity contribution in [2.75, 3.05) is 0 Å². The molecule has 0 fully saturated rings. The van der Waals surface area contributed by atoms with Crippen LogP contribution in [0.15, 0.2) is 103 Å². The Balaban J connectivity index is 2.03. The molecule has 25 heavy (non-hydrogen) atoms. The van der Waals surface area contributed by atoms with Crippen molar-refractivity contribution in [2.45, 2.75) is 23.2 Å². The van der Waals surface area contributed by atoms with Crippen molar-refractivity contribution < 1.29 is 0 Å². The van der Waals surface area contributed by atoms with Gasteiger partial charge in [-0.1, -0.05) is 0 Å². The third-order valence-electron chi connectivity index (χ3n) is 5.57. The molecule has 0 saturated carbocycles. The molecule has 0 bridgehead atoms. The first-order valence-electron chi connectivity index (χ1n) is 9.24. The van der Waals surface area contributed by atoms with Gasteiger partial charge in [0.15, 0.2) is 0 Å². The minimum absolute atomic E-state index is 0.770. The molecule has 4 rings (SSSR count). The van der Waals surface area contributed by atoms with Gasteiger partial charge in [0.05, 0.1) is 0 Å². The van der Waals surface area contributed by atoms with Gasteiger partial charge in [0.2, 0.25) is 0 Å². The Morgan fingerprint density at radius 3 is 1.36 bits per heavy atom. The van der Waals surface area contributed by atoms with Crippen LogP contribution in [0, 0.1) is 0 Å². The fraction of sp³-hybridized carbons (Fsp3) is 0.167. The van der Waals surface area contributed by atoms with Crippen molar-refractivity contribution in [3.05, 3.63) is 103 Å². The molecule has 1 heteroatoms. The van der Waals surface area contributed by atoms with E-state index in [1.54, 1.807) is 10.7 Å². The number of rotatable bonds is 4. The molecule has 0 saturated heterocycles. The van der Waals surface area contributed by atoms with Gasteiger partial charge in [0.25, 0.3) is 0 Å². The molecule has 124 valence electrons. The van der Waals surface area contributed by atoms with Gasteiger partial charge in [-0.3, -0.25) is 0 Å². The van der Waals surface area contributed by atoms with Crippen LogP contribution in [0.3, 0.4) is 0 Å². The van der Waals surface area contributed by atoms with E-state index in [4.69, 9.17) is 0 Å². The summed E-state index contributed by atoms with van der Waals surface area (Å²) >= 11 is -3.08. The number of allylic oxidation sites excluding steroid dienone is 2. The quantitative estimate of drug-likeness (QED) is 0.428. The molecule has 0 heterocycles. The molecule has 0 spiro atoms. The van der Waals surface area contributed by atoms with Gasteiger partial charge in [-0.25, -0.2) is 0 Å². The van der Waals surface area contributed by atoms with Gasteiger partial charge in [-0.2, -0.15) is 0 Å². The third kappa shape index (κ3) is 3.08. The summed E-state index contributed by atoms with van der Waals surface area (Å²) in [5, 5.41) is 0. The Hall–Kier alpha value is -1.80. The van der Waals surface area contributed by atoms with Gasteiger partial charge in [0, 0.05) is 0 Å². The van der Waals surface area contributed by atoms with E-state index in [0.717, 1.165) is 3.93 Å². The molecule has 1 atom stereocenters. The van der Waals surface area contributed by atoms with Crippen LogP contribution in [0.1, 0.15) is 19.3 Å². The first-order chi connectivity index (χ1) is 12.4. The molecule has 0 amide bonds. The predicted octanol–water partition coefficient (Wildman–Crippen LogP) is 4.27. The van der Waals surface area contributed by atoms with Gasteiger partial charge in [-0.15, -0.1) is 0 Å². The molecule has 0 aliphatic heterocycles. The van der Waals surface area contributed by atoms with Crippen molar-refractivity contribution in [1.29, 1.82) is 0 Å². The zero-order valence-electron chi connectivity index (χ0n) is 14.5. The molecule has 0 nitrogen and oxygen atoms in total. The summed E-state index contributed by atoms with van der Waals surface area (Å²) in [5.41, 5.74) is 0. The fourth-order valence-corrected chi connectivity index (χ4v) is 20.6. The summed E-state index contributed by atoms with van der Waals surface area (Å²) in [4.78, 5) is 0. The van der Waals surface area contributed by atoms with E-state index in [0.29, 0.717) is 0 Å². The Kier molecular flexibility index (Phi) is 5.07. The number of benzene rings is 3. The van der Waals surface area contributed by atoms with Crippen LogP contribution in [0.5, 0.6) is 0 Å². The molecule has 1 unspecified atom stereocenters. The van der Waals surface area contributed by atoms with E-state index in [-0.39, 0.29) is 0 Å². The summed E-state index contributed by atoms with van der Waals surface area (Å²) in [5.74, 6) is 0. The second-order valence-electron chi connectivity index (χ2n) is 6.89. The van der Waals surface area contributed by atoms with E-state index >= 15 is 0 Å². The predicted molar refractivity (Wildman–Crippen MR) is 111 cm³/mol. The van der Waals surface area contributed by atoms with Gasteiger partial charge < -0.3 is 0 Å². The Bertz CT molecular complexity index is 725. The Morgan fingerprint density at radius 2 is 1.00 bits per heavy atom. The average molecular weight is 431 g/mol. The van der Waals surface area contributed by atoms with Crippen molar-refractivity contribution in [3.8, 4) is 0 Å². The molecule has 0 radical (unpaired) electrons. The first-order valence-corrected chi connectivity index (χ1v) is 15.2. The van der Waals surface area contributed by atoms with Crippen LogP contribution >= 0.6 is 0 Å². The summed E-state index contributed by atoms with van der Waals surface area (Å²) in [7, 11) is 0. The maximum absolute atomic E-state index is 3.08. The SMILES string of the molecule is C1=CC[CH]([Sn]([c]2ccccc2)([c]2ccccc2)[c]2ccccc2)CC1. The molecule has 1 aliphatic rings. The van der Waals surface area contributed by atoms with Crippen molar-refractivity contribution in [1.82, 2.24) is 0 Å². The molecular weight excluding hydrogens is 407 g/mol. The second kappa shape index (κ2) is 7.61. The zero-order chi connectivity index (χ0) is 17.0. The average Bonchev–Trinajstić information content (AvgIpc) is 2.72. The minimum atomic E-state index is -3.08. The van der Waals surface area contributed by atoms with Crippen LogP contribution in [0.4, 0.5) is 0 Å². The summed E-state index contributed by atoms with van der Waals surface area (Å²) < 4.78 is 5.59. The van der Waals surface area contributed by atoms with E-state index in [9.17, 15) is 0 Å². The van der Waals surface area contributed by atoms with Gasteiger partial charge >= 0.3 is 155 Å². The van der Waals surface area contributed by atoms with Gasteiger partial charge in [-0.05, 0) is 0 Å². The third-order valence-corrected chi connectivity index (χ3v) is 21.2. The van der Waals surface area contributed by atoms with Crippen molar-refractivity contribution in [3.63, 3.8) is 0 Å².